The van der Waals surface area contributed by atoms with Crippen LogP contribution in [0.3, 0.4) is 0 Å². The van der Waals surface area contributed by atoms with E-state index in [1.54, 1.807) is 97.0 Å². The number of carbonyl (C=O) groups is 7. The molecular weight excluding hydrogens is 921 g/mol. The first-order chi connectivity index (χ1) is 34.3. The molecule has 71 heavy (non-hydrogen) atoms. The summed E-state index contributed by atoms with van der Waals surface area (Å²) in [6.07, 6.45) is -10.8. The van der Waals surface area contributed by atoms with Crippen molar-refractivity contribution in [2.45, 2.75) is 167 Å². The molecule has 13 atom stereocenters. The van der Waals surface area contributed by atoms with Gasteiger partial charge in [0.25, 0.3) is 0 Å². The molecule has 1 aliphatic heterocycles. The number of aliphatic hydroxyl groups excluding tert-OH is 1. The maximum Gasteiger partial charge on any atom is 0.408 e. The number of fused-ring (bicyclic) bond motifs is 5. The van der Waals surface area contributed by atoms with E-state index in [-0.39, 0.29) is 48.1 Å². The number of ketones is 1. The lowest BCUT2D eigenvalue weighted by atomic mass is 9.43. The molecule has 1 heterocycles. The van der Waals surface area contributed by atoms with E-state index in [2.05, 4.69) is 10.6 Å². The molecule has 0 radical (unpaired) electrons. The van der Waals surface area contributed by atoms with Crippen LogP contribution in [0.5, 0.6) is 0 Å². The zero-order chi connectivity index (χ0) is 55.1. The number of rotatable bonds is 15. The van der Waals surface area contributed by atoms with Crippen molar-refractivity contribution in [1.29, 1.82) is 0 Å². The lowest BCUT2D eigenvalue weighted by Crippen LogP contribution is -2.81. The normalized spacial score (nSPS) is 31.2. The van der Waals surface area contributed by atoms with Crippen LogP contribution in [-0.2, 0) is 57.1 Å². The average molecular weight is 994 g/mol. The van der Waals surface area contributed by atoms with Gasteiger partial charge in [-0.2, -0.15) is 0 Å². The molecule has 3 aliphatic carbocycles. The molecular formula is C53H70N2O16. The molecule has 2 bridgehead atoms. The fourth-order valence-corrected chi connectivity index (χ4v) is 11.2. The molecule has 388 valence electrons. The van der Waals surface area contributed by atoms with Crippen LogP contribution >= 0.6 is 0 Å². The molecule has 0 spiro atoms. The van der Waals surface area contributed by atoms with E-state index in [1.807, 2.05) is 0 Å². The summed E-state index contributed by atoms with van der Waals surface area (Å²) in [5.74, 6) is -8.24. The first-order valence-electron chi connectivity index (χ1n) is 25.4. The quantitative estimate of drug-likeness (QED) is 0.0990. The van der Waals surface area contributed by atoms with E-state index >= 15 is 9.59 Å². The van der Waals surface area contributed by atoms with Crippen LogP contribution in [0.2, 0.25) is 0 Å². The highest BCUT2D eigenvalue weighted by molar-refractivity contribution is 5.93. The molecule has 1 saturated heterocycles. The average Bonchev–Trinajstić information content (AvgIpc) is 3.29. The highest BCUT2D eigenvalue weighted by Crippen LogP contribution is 2.65. The highest BCUT2D eigenvalue weighted by Gasteiger charge is 2.78. The Morgan fingerprint density at radius 1 is 0.944 bits per heavy atom. The van der Waals surface area contributed by atoms with Crippen molar-refractivity contribution in [3.8, 4) is 0 Å². The van der Waals surface area contributed by atoms with Crippen molar-refractivity contribution < 1.29 is 81.0 Å². The molecule has 0 aromatic heterocycles. The number of esters is 4. The third-order valence-electron chi connectivity index (χ3n) is 14.7. The first-order valence-corrected chi connectivity index (χ1v) is 23.9. The molecule has 18 nitrogen and oxygen atoms in total. The van der Waals surface area contributed by atoms with Gasteiger partial charge >= 0.3 is 30.0 Å². The van der Waals surface area contributed by atoms with Gasteiger partial charge in [-0.25, -0.2) is 19.2 Å². The van der Waals surface area contributed by atoms with Crippen LogP contribution in [0.1, 0.15) is 128 Å². The number of nitrogens with one attached hydrogen (secondary N) is 2. The van der Waals surface area contributed by atoms with E-state index in [1.165, 1.54) is 32.9 Å². The minimum atomic E-state index is -3.08. The second kappa shape index (κ2) is 20.8. The predicted molar refractivity (Wildman–Crippen MR) is 254 cm³/mol. The van der Waals surface area contributed by atoms with Crippen LogP contribution in [0.25, 0.3) is 0 Å². The number of benzene rings is 2. The van der Waals surface area contributed by atoms with Gasteiger partial charge in [0.05, 0.1) is 39.8 Å². The Labute approximate surface area is 419 Å². The summed E-state index contributed by atoms with van der Waals surface area (Å²) in [6, 6.07) is 12.8. The largest absolute Gasteiger partial charge is 0.455 e. The lowest BCUT2D eigenvalue weighted by Gasteiger charge is -2.68. The molecule has 2 saturated carbocycles. The van der Waals surface area contributed by atoms with Crippen LogP contribution in [0, 0.1) is 22.7 Å². The number of ether oxygens (including phenoxy) is 7. The molecule has 4 aliphatic rings. The van der Waals surface area contributed by atoms with E-state index in [0.717, 1.165) is 6.92 Å². The molecule has 3 fully saturated rings. The Morgan fingerprint density at radius 3 is 2.14 bits per heavy atom. The SMILES string of the molecule is [2H]C([2H])([2H])O[C@H]1C[C@H]2OC[C@@]2(OC(C)=O)[C@H]2[C@H](OC(=O)c3ccccc3)[C@]3(O)C[C@H](OC(=O)[C@H](OC(=O)C(C)NC(=O)CCC(C)O)[C@@H](NC(=O)OC(C)(C)C)c4ccccc4)C(C)=C([C@@H](C)C(=O)[C@]12C)C3(C)C. The summed E-state index contributed by atoms with van der Waals surface area (Å²) < 4.78 is 67.0. The Balaban J connectivity index is 1.54. The molecule has 4 N–H and O–H groups in total. The summed E-state index contributed by atoms with van der Waals surface area (Å²) in [7, 11) is -3.08. The minimum Gasteiger partial charge on any atom is -0.455 e. The highest BCUT2D eigenvalue weighted by atomic mass is 16.6. The van der Waals surface area contributed by atoms with Gasteiger partial charge in [0.1, 0.15) is 47.4 Å². The van der Waals surface area contributed by atoms with Crippen molar-refractivity contribution in [2.24, 2.45) is 22.7 Å². The van der Waals surface area contributed by atoms with Gasteiger partial charge in [-0.15, -0.1) is 0 Å². The Morgan fingerprint density at radius 2 is 1.58 bits per heavy atom. The monoisotopic (exact) mass is 993 g/mol. The summed E-state index contributed by atoms with van der Waals surface area (Å²) in [5, 5.41) is 28.9. The second-order valence-electron chi connectivity index (χ2n) is 21.1. The van der Waals surface area contributed by atoms with Gasteiger partial charge < -0.3 is 54.0 Å². The third kappa shape index (κ3) is 10.6. The molecule has 6 rings (SSSR count). The van der Waals surface area contributed by atoms with Gasteiger partial charge in [-0.05, 0) is 83.7 Å². The number of aliphatic hydroxyl groups is 2. The van der Waals surface area contributed by atoms with Crippen molar-refractivity contribution >= 4 is 41.7 Å². The lowest BCUT2D eigenvalue weighted by molar-refractivity contribution is -0.346. The van der Waals surface area contributed by atoms with Gasteiger partial charge in [0.2, 0.25) is 12.0 Å². The maximum absolute atomic E-state index is 15.9. The van der Waals surface area contributed by atoms with E-state index in [4.69, 9.17) is 37.3 Å². The van der Waals surface area contributed by atoms with Crippen molar-refractivity contribution in [3.05, 3.63) is 82.9 Å². The predicted octanol–water partition coefficient (Wildman–Crippen LogP) is 5.41. The third-order valence-corrected chi connectivity index (χ3v) is 14.7. The number of methoxy groups -OCH3 is 1. The standard InChI is InChI=1S/C53H70N2O16/c1-28(56)23-24-38(58)54-31(4)45(60)68-41(40(33-19-15-13-16-20-33)55-48(63)71-49(6,7)8)47(62)67-35-26-53(64)44(69-46(61)34-21-17-14-18-22-34)42-51(11,43(59)30(3)39(29(35)2)50(53,9)10)36(65-12)25-37-52(42,27-66-37)70-32(5)57/h13-22,28,30-31,35-37,40-42,44,56,64H,23-27H2,1-12H3,(H,54,58)(H,55,63)/t28?,30-,31?,35+,36+,37-,40+,41-,42+,44+,51-,52+,53-/m1/s1/i12D3. The minimum absolute atomic E-state index is 0.0274. The first kappa shape index (κ1) is 50.3. The van der Waals surface area contributed by atoms with Crippen LogP contribution in [0.4, 0.5) is 4.79 Å². The summed E-state index contributed by atoms with van der Waals surface area (Å²) in [4.78, 5) is 99.4. The summed E-state index contributed by atoms with van der Waals surface area (Å²) in [6.45, 7) is 16.3. The smallest absolute Gasteiger partial charge is 0.408 e. The molecule has 2 unspecified atom stereocenters. The fourth-order valence-electron chi connectivity index (χ4n) is 11.2. The van der Waals surface area contributed by atoms with E-state index < -0.39 is 143 Å². The van der Waals surface area contributed by atoms with Crippen molar-refractivity contribution in [1.82, 2.24) is 10.6 Å². The molecule has 2 aromatic carbocycles. The molecule has 2 amide bonds. The topological polar surface area (TPSA) is 249 Å². The summed E-state index contributed by atoms with van der Waals surface area (Å²) in [5.41, 5.74) is -8.11. The number of alkyl carbamates (subject to hydrolysis) is 1. The number of amides is 2. The van der Waals surface area contributed by atoms with Gasteiger partial charge in [0.15, 0.2) is 5.60 Å². The second-order valence-corrected chi connectivity index (χ2v) is 21.1. The van der Waals surface area contributed by atoms with E-state index in [9.17, 15) is 34.2 Å². The van der Waals surface area contributed by atoms with Gasteiger partial charge in [-0.3, -0.25) is 14.4 Å². The number of hydrogen-bond acceptors (Lipinski definition) is 16. The van der Waals surface area contributed by atoms with Crippen LogP contribution < -0.4 is 10.6 Å². The van der Waals surface area contributed by atoms with Crippen molar-refractivity contribution in [2.75, 3.05) is 13.6 Å². The van der Waals surface area contributed by atoms with Gasteiger partial charge in [-0.1, -0.05) is 69.3 Å². The maximum atomic E-state index is 15.9. The fraction of sp³-hybridized carbons (Fsp3) is 0.604. The Bertz CT molecular complexity index is 2490. The number of carbonyl (C=O) groups excluding carboxylic acids is 7. The summed E-state index contributed by atoms with van der Waals surface area (Å²) >= 11 is 0. The molecule has 18 heteroatoms. The number of hydrogen-bond donors (Lipinski definition) is 4. The van der Waals surface area contributed by atoms with Gasteiger partial charge in [0, 0.05) is 44.6 Å². The van der Waals surface area contributed by atoms with E-state index in [0.29, 0.717) is 0 Å². The molecule has 2 aromatic rings. The number of Topliss-reactive ketones (excluding diaryl/α,β-unsaturated/α-hetero) is 1. The zero-order valence-corrected chi connectivity index (χ0v) is 42.2. The van der Waals surface area contributed by atoms with Crippen LogP contribution in [0.15, 0.2) is 71.8 Å². The van der Waals surface area contributed by atoms with Crippen LogP contribution in [-0.4, -0.2) is 125 Å². The Hall–Kier alpha value is -5.69. The Kier molecular flexibility index (Phi) is 14.7. The zero-order valence-electron chi connectivity index (χ0n) is 45.2. The van der Waals surface area contributed by atoms with Crippen molar-refractivity contribution in [3.63, 3.8) is 0 Å².